The van der Waals surface area contributed by atoms with Gasteiger partial charge in [-0.2, -0.15) is 0 Å². The molecule has 1 aromatic rings. The molecule has 0 aromatic heterocycles. The van der Waals surface area contributed by atoms with E-state index in [0.717, 1.165) is 6.42 Å². The SMILES string of the molecule is Cc1cc(C)c2c(c1)C(N)CCC2. The van der Waals surface area contributed by atoms with E-state index in [0.29, 0.717) is 0 Å². The van der Waals surface area contributed by atoms with E-state index in [1.807, 2.05) is 0 Å². The van der Waals surface area contributed by atoms with Crippen molar-refractivity contribution in [2.24, 2.45) is 5.73 Å². The highest BCUT2D eigenvalue weighted by atomic mass is 14.6. The molecule has 1 aliphatic rings. The van der Waals surface area contributed by atoms with E-state index in [1.165, 1.54) is 35.1 Å². The van der Waals surface area contributed by atoms with Crippen molar-refractivity contribution >= 4 is 0 Å². The second kappa shape index (κ2) is 3.15. The van der Waals surface area contributed by atoms with Crippen molar-refractivity contribution in [1.82, 2.24) is 0 Å². The first kappa shape index (κ1) is 8.76. The third kappa shape index (κ3) is 1.49. The Morgan fingerprint density at radius 3 is 2.85 bits per heavy atom. The fourth-order valence-corrected chi connectivity index (χ4v) is 2.36. The van der Waals surface area contributed by atoms with Gasteiger partial charge in [0.2, 0.25) is 0 Å². The zero-order valence-corrected chi connectivity index (χ0v) is 8.43. The molecule has 0 bridgehead atoms. The fraction of sp³-hybridized carbons (Fsp3) is 0.500. The Hall–Kier alpha value is -0.820. The van der Waals surface area contributed by atoms with Gasteiger partial charge in [0, 0.05) is 6.04 Å². The number of rotatable bonds is 0. The van der Waals surface area contributed by atoms with Crippen LogP contribution >= 0.6 is 0 Å². The van der Waals surface area contributed by atoms with E-state index < -0.39 is 0 Å². The molecule has 1 heteroatoms. The van der Waals surface area contributed by atoms with Gasteiger partial charge in [-0.25, -0.2) is 0 Å². The molecule has 13 heavy (non-hydrogen) atoms. The molecule has 70 valence electrons. The largest absolute Gasteiger partial charge is 0.324 e. The molecule has 1 aliphatic carbocycles. The lowest BCUT2D eigenvalue weighted by molar-refractivity contribution is 0.568. The lowest BCUT2D eigenvalue weighted by atomic mass is 9.84. The summed E-state index contributed by atoms with van der Waals surface area (Å²) < 4.78 is 0. The van der Waals surface area contributed by atoms with Gasteiger partial charge < -0.3 is 5.73 Å². The van der Waals surface area contributed by atoms with Crippen LogP contribution in [-0.2, 0) is 6.42 Å². The minimum absolute atomic E-state index is 0.280. The van der Waals surface area contributed by atoms with E-state index >= 15 is 0 Å². The molecule has 0 amide bonds. The summed E-state index contributed by atoms with van der Waals surface area (Å²) in [4.78, 5) is 0. The van der Waals surface area contributed by atoms with Crippen LogP contribution in [0.2, 0.25) is 0 Å². The Bertz CT molecular complexity index is 328. The van der Waals surface area contributed by atoms with Gasteiger partial charge in [-0.05, 0) is 49.8 Å². The van der Waals surface area contributed by atoms with Crippen molar-refractivity contribution in [3.05, 3.63) is 34.4 Å². The number of hydrogen-bond acceptors (Lipinski definition) is 1. The molecule has 2 N–H and O–H groups in total. The van der Waals surface area contributed by atoms with E-state index in [9.17, 15) is 0 Å². The summed E-state index contributed by atoms with van der Waals surface area (Å²) in [5, 5.41) is 0. The lowest BCUT2D eigenvalue weighted by Crippen LogP contribution is -2.18. The quantitative estimate of drug-likeness (QED) is 0.644. The van der Waals surface area contributed by atoms with Crippen LogP contribution in [0.5, 0.6) is 0 Å². The Morgan fingerprint density at radius 1 is 1.31 bits per heavy atom. The second-order valence-corrected chi connectivity index (χ2v) is 4.15. The summed E-state index contributed by atoms with van der Waals surface area (Å²) in [6, 6.07) is 4.80. The zero-order valence-electron chi connectivity index (χ0n) is 8.43. The minimum atomic E-state index is 0.280. The molecule has 1 nitrogen and oxygen atoms in total. The van der Waals surface area contributed by atoms with E-state index in [-0.39, 0.29) is 6.04 Å². The molecule has 1 aromatic carbocycles. The topological polar surface area (TPSA) is 26.0 Å². The Balaban J connectivity index is 2.56. The van der Waals surface area contributed by atoms with Crippen LogP contribution in [0.3, 0.4) is 0 Å². The predicted molar refractivity (Wildman–Crippen MR) is 55.8 cm³/mol. The van der Waals surface area contributed by atoms with Crippen LogP contribution in [0, 0.1) is 13.8 Å². The van der Waals surface area contributed by atoms with Gasteiger partial charge in [-0.1, -0.05) is 17.7 Å². The maximum absolute atomic E-state index is 6.08. The van der Waals surface area contributed by atoms with Crippen LogP contribution in [0.4, 0.5) is 0 Å². The molecule has 0 fully saturated rings. The first-order chi connectivity index (χ1) is 6.18. The van der Waals surface area contributed by atoms with Crippen molar-refractivity contribution in [3.8, 4) is 0 Å². The molecule has 1 atom stereocenters. The highest BCUT2D eigenvalue weighted by Gasteiger charge is 2.18. The van der Waals surface area contributed by atoms with Gasteiger partial charge in [0.1, 0.15) is 0 Å². The third-order valence-corrected chi connectivity index (χ3v) is 2.99. The summed E-state index contributed by atoms with van der Waals surface area (Å²) >= 11 is 0. The van der Waals surface area contributed by atoms with Crippen LogP contribution < -0.4 is 5.73 Å². The van der Waals surface area contributed by atoms with Gasteiger partial charge in [0.05, 0.1) is 0 Å². The maximum atomic E-state index is 6.08. The molecule has 0 aliphatic heterocycles. The van der Waals surface area contributed by atoms with Gasteiger partial charge in [0.15, 0.2) is 0 Å². The van der Waals surface area contributed by atoms with Crippen molar-refractivity contribution < 1.29 is 0 Å². The standard InChI is InChI=1S/C12H17N/c1-8-6-9(2)10-4-3-5-12(13)11(10)7-8/h6-7,12H,3-5,13H2,1-2H3. The highest BCUT2D eigenvalue weighted by Crippen LogP contribution is 2.30. The Labute approximate surface area is 80.0 Å². The molecule has 1 unspecified atom stereocenters. The summed E-state index contributed by atoms with van der Waals surface area (Å²) in [7, 11) is 0. The highest BCUT2D eigenvalue weighted by molar-refractivity contribution is 5.41. The van der Waals surface area contributed by atoms with Crippen LogP contribution in [0.25, 0.3) is 0 Å². The molecule has 0 saturated carbocycles. The lowest BCUT2D eigenvalue weighted by Gasteiger charge is -2.24. The number of nitrogens with two attached hydrogens (primary N) is 1. The van der Waals surface area contributed by atoms with Crippen LogP contribution in [0.15, 0.2) is 12.1 Å². The summed E-state index contributed by atoms with van der Waals surface area (Å²) in [5.41, 5.74) is 11.7. The van der Waals surface area contributed by atoms with E-state index in [2.05, 4.69) is 26.0 Å². The summed E-state index contributed by atoms with van der Waals surface area (Å²) in [5.74, 6) is 0. The first-order valence-corrected chi connectivity index (χ1v) is 5.04. The maximum Gasteiger partial charge on any atom is 0.0297 e. The minimum Gasteiger partial charge on any atom is -0.324 e. The summed E-state index contributed by atoms with van der Waals surface area (Å²) in [6.07, 6.45) is 3.61. The van der Waals surface area contributed by atoms with E-state index in [4.69, 9.17) is 5.73 Å². The van der Waals surface area contributed by atoms with Gasteiger partial charge in [-0.15, -0.1) is 0 Å². The zero-order chi connectivity index (χ0) is 9.42. The molecule has 0 heterocycles. The van der Waals surface area contributed by atoms with Crippen molar-refractivity contribution in [1.29, 1.82) is 0 Å². The van der Waals surface area contributed by atoms with Crippen molar-refractivity contribution in [2.75, 3.05) is 0 Å². The van der Waals surface area contributed by atoms with Crippen LogP contribution in [0.1, 0.15) is 41.1 Å². The molecular weight excluding hydrogens is 158 g/mol. The van der Waals surface area contributed by atoms with Gasteiger partial charge in [-0.3, -0.25) is 0 Å². The number of fused-ring (bicyclic) bond motifs is 1. The third-order valence-electron chi connectivity index (χ3n) is 2.99. The van der Waals surface area contributed by atoms with Gasteiger partial charge in [0.25, 0.3) is 0 Å². The van der Waals surface area contributed by atoms with E-state index in [1.54, 1.807) is 0 Å². The van der Waals surface area contributed by atoms with Gasteiger partial charge >= 0.3 is 0 Å². The fourth-order valence-electron chi connectivity index (χ4n) is 2.36. The molecule has 2 rings (SSSR count). The molecule has 0 radical (unpaired) electrons. The Morgan fingerprint density at radius 2 is 2.08 bits per heavy atom. The smallest absolute Gasteiger partial charge is 0.0297 e. The van der Waals surface area contributed by atoms with Crippen molar-refractivity contribution in [3.63, 3.8) is 0 Å². The average Bonchev–Trinajstić information content (AvgIpc) is 2.07. The monoisotopic (exact) mass is 175 g/mol. The normalized spacial score (nSPS) is 21.3. The number of aryl methyl sites for hydroxylation is 2. The van der Waals surface area contributed by atoms with Crippen molar-refractivity contribution in [2.45, 2.75) is 39.2 Å². The Kier molecular flexibility index (Phi) is 2.12. The van der Waals surface area contributed by atoms with Crippen LogP contribution in [-0.4, -0.2) is 0 Å². The second-order valence-electron chi connectivity index (χ2n) is 4.15. The predicted octanol–water partition coefficient (Wildman–Crippen LogP) is 2.64. The number of hydrogen-bond donors (Lipinski definition) is 1. The number of benzene rings is 1. The molecule has 0 saturated heterocycles. The summed E-state index contributed by atoms with van der Waals surface area (Å²) in [6.45, 7) is 4.35. The first-order valence-electron chi connectivity index (χ1n) is 5.04. The average molecular weight is 175 g/mol. The molecular formula is C12H17N. The molecule has 0 spiro atoms.